The maximum Gasteiger partial charge on any atom is 0.249 e. The van der Waals surface area contributed by atoms with E-state index in [4.69, 9.17) is 9.47 Å². The van der Waals surface area contributed by atoms with Crippen molar-refractivity contribution in [1.82, 2.24) is 9.78 Å². The Hall–Kier alpha value is -2.60. The minimum atomic E-state index is -0.231. The summed E-state index contributed by atoms with van der Waals surface area (Å²) in [4.78, 5) is 12.1. The molecule has 0 aliphatic carbocycles. The van der Waals surface area contributed by atoms with Gasteiger partial charge in [-0.3, -0.25) is 9.48 Å². The van der Waals surface area contributed by atoms with Crippen molar-refractivity contribution in [2.24, 2.45) is 0 Å². The molecule has 0 spiro atoms. The molecule has 122 valence electrons. The molecule has 6 heteroatoms. The predicted octanol–water partition coefficient (Wildman–Crippen LogP) is 2.58. The second kappa shape index (κ2) is 8.14. The lowest BCUT2D eigenvalue weighted by Gasteiger charge is -2.08. The predicted molar refractivity (Wildman–Crippen MR) is 89.4 cm³/mol. The topological polar surface area (TPSA) is 65.4 Å². The molecule has 1 N–H and O–H groups in total. The molecule has 0 fully saturated rings. The minimum absolute atomic E-state index is 0.231. The molecule has 0 saturated carbocycles. The Balaban J connectivity index is 2.04. The van der Waals surface area contributed by atoms with Crippen molar-refractivity contribution in [3.63, 3.8) is 0 Å². The summed E-state index contributed by atoms with van der Waals surface area (Å²) in [5.41, 5.74) is 1.70. The highest BCUT2D eigenvalue weighted by Gasteiger charge is 2.07. The Bertz CT molecular complexity index is 692. The van der Waals surface area contributed by atoms with Crippen LogP contribution >= 0.6 is 0 Å². The van der Waals surface area contributed by atoms with Crippen LogP contribution in [0.5, 0.6) is 5.75 Å². The first-order chi connectivity index (χ1) is 11.1. The van der Waals surface area contributed by atoms with Crippen molar-refractivity contribution >= 4 is 17.3 Å². The zero-order valence-electron chi connectivity index (χ0n) is 13.6. The summed E-state index contributed by atoms with van der Waals surface area (Å²) >= 11 is 0. The normalized spacial score (nSPS) is 11.3. The van der Waals surface area contributed by atoms with Crippen molar-refractivity contribution in [3.05, 3.63) is 48.2 Å². The van der Waals surface area contributed by atoms with Crippen LogP contribution in [0.2, 0.25) is 0 Å². The molecule has 1 amide bonds. The van der Waals surface area contributed by atoms with Gasteiger partial charge in [0.1, 0.15) is 5.75 Å². The lowest BCUT2D eigenvalue weighted by Crippen LogP contribution is -2.10. The first kappa shape index (κ1) is 16.8. The summed E-state index contributed by atoms with van der Waals surface area (Å²) in [6, 6.07) is 9.33. The smallest absolute Gasteiger partial charge is 0.249 e. The van der Waals surface area contributed by atoms with E-state index in [2.05, 4.69) is 10.4 Å². The Morgan fingerprint density at radius 1 is 1.30 bits per heavy atom. The number of hydrogen-bond donors (Lipinski definition) is 1. The van der Waals surface area contributed by atoms with Crippen LogP contribution in [-0.2, 0) is 16.1 Å². The second-order valence-electron chi connectivity index (χ2n) is 4.97. The number of carbonyl (C=O) groups is 1. The number of anilines is 1. The highest BCUT2D eigenvalue weighted by Crippen LogP contribution is 2.25. The maximum atomic E-state index is 12.1. The molecule has 0 radical (unpaired) electrons. The van der Waals surface area contributed by atoms with Crippen LogP contribution in [0.4, 0.5) is 5.82 Å². The van der Waals surface area contributed by atoms with Gasteiger partial charge in [-0.05, 0) is 18.6 Å². The fraction of sp³-hybridized carbons (Fsp3) is 0.294. The number of ether oxygens (including phenoxy) is 2. The molecule has 1 aromatic carbocycles. The summed E-state index contributed by atoms with van der Waals surface area (Å²) in [6.07, 6.45) is 3.33. The van der Waals surface area contributed by atoms with E-state index < -0.39 is 0 Å². The highest BCUT2D eigenvalue weighted by molar-refractivity contribution is 6.03. The van der Waals surface area contributed by atoms with E-state index >= 15 is 0 Å². The first-order valence-electron chi connectivity index (χ1n) is 7.29. The number of amides is 1. The molecule has 0 saturated heterocycles. The van der Waals surface area contributed by atoms with Gasteiger partial charge in [-0.1, -0.05) is 18.2 Å². The molecule has 0 aliphatic rings. The van der Waals surface area contributed by atoms with Gasteiger partial charge in [0.2, 0.25) is 5.91 Å². The Kier molecular flexibility index (Phi) is 5.94. The maximum absolute atomic E-state index is 12.1. The number of carbonyl (C=O) groups excluding carboxylic acids is 1. The lowest BCUT2D eigenvalue weighted by atomic mass is 10.1. The molecule has 6 nitrogen and oxygen atoms in total. The summed E-state index contributed by atoms with van der Waals surface area (Å²) in [6.45, 7) is 3.08. The number of rotatable bonds is 7. The SMILES string of the molecule is COCCn1ccc(NC(=O)/C=C(/C)c2ccccc2OC)n1. The fourth-order valence-corrected chi connectivity index (χ4v) is 2.14. The zero-order valence-corrected chi connectivity index (χ0v) is 13.6. The average Bonchev–Trinajstić information content (AvgIpc) is 2.99. The number of allylic oxidation sites excluding steroid dienone is 1. The van der Waals surface area contributed by atoms with Gasteiger partial charge >= 0.3 is 0 Å². The summed E-state index contributed by atoms with van der Waals surface area (Å²) < 4.78 is 12.0. The largest absolute Gasteiger partial charge is 0.496 e. The third-order valence-corrected chi connectivity index (χ3v) is 3.30. The molecule has 0 atom stereocenters. The number of nitrogens with zero attached hydrogens (tertiary/aromatic N) is 2. The first-order valence-corrected chi connectivity index (χ1v) is 7.29. The van der Waals surface area contributed by atoms with Crippen molar-refractivity contribution in [2.45, 2.75) is 13.5 Å². The van der Waals surface area contributed by atoms with Gasteiger partial charge in [0, 0.05) is 31.0 Å². The number of hydrogen-bond acceptors (Lipinski definition) is 4. The Morgan fingerprint density at radius 2 is 2.09 bits per heavy atom. The molecule has 2 aromatic rings. The molecule has 2 rings (SSSR count). The molecule has 0 aliphatic heterocycles. The number of methoxy groups -OCH3 is 2. The molecule has 1 aromatic heterocycles. The van der Waals surface area contributed by atoms with Crippen molar-refractivity contribution in [3.8, 4) is 5.75 Å². The van der Waals surface area contributed by atoms with Gasteiger partial charge in [-0.15, -0.1) is 0 Å². The third-order valence-electron chi connectivity index (χ3n) is 3.30. The summed E-state index contributed by atoms with van der Waals surface area (Å²) in [5, 5.41) is 7.00. The van der Waals surface area contributed by atoms with Crippen molar-refractivity contribution in [1.29, 1.82) is 0 Å². The van der Waals surface area contributed by atoms with E-state index in [0.29, 0.717) is 19.0 Å². The van der Waals surface area contributed by atoms with Crippen LogP contribution in [0.3, 0.4) is 0 Å². The molecule has 0 bridgehead atoms. The Labute approximate surface area is 135 Å². The molecule has 23 heavy (non-hydrogen) atoms. The van der Waals surface area contributed by atoms with Crippen LogP contribution in [-0.4, -0.2) is 36.5 Å². The van der Waals surface area contributed by atoms with E-state index in [-0.39, 0.29) is 5.91 Å². The standard InChI is InChI=1S/C17H21N3O3/c1-13(14-6-4-5-7-15(14)23-3)12-17(21)18-16-8-9-20(19-16)10-11-22-2/h4-9,12H,10-11H2,1-3H3,(H,18,19,21)/b13-12-. The van der Waals surface area contributed by atoms with E-state index in [0.717, 1.165) is 16.9 Å². The summed E-state index contributed by atoms with van der Waals surface area (Å²) in [7, 11) is 3.25. The van der Waals surface area contributed by atoms with Gasteiger partial charge in [0.25, 0.3) is 0 Å². The zero-order chi connectivity index (χ0) is 16.7. The second-order valence-corrected chi connectivity index (χ2v) is 4.97. The quantitative estimate of drug-likeness (QED) is 0.798. The Morgan fingerprint density at radius 3 is 2.83 bits per heavy atom. The van der Waals surface area contributed by atoms with Crippen LogP contribution in [0.1, 0.15) is 12.5 Å². The van der Waals surface area contributed by atoms with Crippen LogP contribution in [0.25, 0.3) is 5.57 Å². The van der Waals surface area contributed by atoms with Gasteiger partial charge in [-0.2, -0.15) is 5.10 Å². The average molecular weight is 315 g/mol. The van der Waals surface area contributed by atoms with Gasteiger partial charge in [-0.25, -0.2) is 0 Å². The molecule has 1 heterocycles. The van der Waals surface area contributed by atoms with E-state index in [1.54, 1.807) is 31.2 Å². The fourth-order valence-electron chi connectivity index (χ4n) is 2.14. The van der Waals surface area contributed by atoms with E-state index in [1.165, 1.54) is 6.08 Å². The molecule has 0 unspecified atom stereocenters. The highest BCUT2D eigenvalue weighted by atomic mass is 16.5. The number of nitrogens with one attached hydrogen (secondary N) is 1. The number of para-hydroxylation sites is 1. The van der Waals surface area contributed by atoms with E-state index in [1.807, 2.05) is 31.2 Å². The van der Waals surface area contributed by atoms with Crippen molar-refractivity contribution in [2.75, 3.05) is 26.1 Å². The lowest BCUT2D eigenvalue weighted by molar-refractivity contribution is -0.111. The van der Waals surface area contributed by atoms with Crippen LogP contribution in [0, 0.1) is 0 Å². The van der Waals surface area contributed by atoms with Gasteiger partial charge < -0.3 is 14.8 Å². The van der Waals surface area contributed by atoms with Crippen molar-refractivity contribution < 1.29 is 14.3 Å². The molecular weight excluding hydrogens is 294 g/mol. The minimum Gasteiger partial charge on any atom is -0.496 e. The van der Waals surface area contributed by atoms with Crippen LogP contribution < -0.4 is 10.1 Å². The van der Waals surface area contributed by atoms with Gasteiger partial charge in [0.05, 0.1) is 20.3 Å². The summed E-state index contributed by atoms with van der Waals surface area (Å²) in [5.74, 6) is 1.01. The van der Waals surface area contributed by atoms with Crippen LogP contribution in [0.15, 0.2) is 42.6 Å². The van der Waals surface area contributed by atoms with Gasteiger partial charge in [0.15, 0.2) is 5.82 Å². The number of benzene rings is 1. The monoisotopic (exact) mass is 315 g/mol. The third kappa shape index (κ3) is 4.69. The number of aromatic nitrogens is 2. The van der Waals surface area contributed by atoms with E-state index in [9.17, 15) is 4.79 Å². The molecular formula is C17H21N3O3.